The molecule has 4 N–H and O–H groups in total. The number of hydrogen-bond acceptors (Lipinski definition) is 5. The van der Waals surface area contributed by atoms with Gasteiger partial charge in [-0.05, 0) is 91.0 Å². The summed E-state index contributed by atoms with van der Waals surface area (Å²) in [4.78, 5) is 24.1. The number of ether oxygens (including phenoxy) is 1. The summed E-state index contributed by atoms with van der Waals surface area (Å²) in [6, 6.07) is 18.0. The Kier molecular flexibility index (Phi) is 8.40. The lowest BCUT2D eigenvalue weighted by atomic mass is 10.1. The number of carbonyl (C=O) groups excluding carboxylic acids is 1. The topological polar surface area (TPSA) is 134 Å². The van der Waals surface area contributed by atoms with Crippen molar-refractivity contribution in [2.45, 2.75) is 11.1 Å². The molecule has 4 aromatic rings. The van der Waals surface area contributed by atoms with E-state index in [9.17, 15) is 36.3 Å². The molecule has 0 bridgehead atoms. The van der Waals surface area contributed by atoms with Crippen LogP contribution in [0.15, 0.2) is 95.9 Å². The number of aromatic carboxylic acids is 1. The van der Waals surface area contributed by atoms with E-state index in [-0.39, 0.29) is 33.3 Å². The predicted molar refractivity (Wildman–Crippen MR) is 146 cm³/mol. The first kappa shape index (κ1) is 29.2. The lowest BCUT2D eigenvalue weighted by Gasteiger charge is -2.13. The zero-order chi connectivity index (χ0) is 29.8. The highest BCUT2D eigenvalue weighted by Gasteiger charge is 2.30. The molecule has 0 heterocycles. The van der Waals surface area contributed by atoms with Crippen LogP contribution in [0.2, 0.25) is 5.02 Å². The van der Waals surface area contributed by atoms with Crippen molar-refractivity contribution in [1.82, 2.24) is 0 Å². The van der Waals surface area contributed by atoms with Crippen molar-refractivity contribution in [2.75, 3.05) is 15.4 Å². The molecular weight excluding hydrogens is 587 g/mol. The van der Waals surface area contributed by atoms with E-state index >= 15 is 0 Å². The van der Waals surface area contributed by atoms with E-state index in [1.165, 1.54) is 60.7 Å². The maximum absolute atomic E-state index is 12.7. The fourth-order valence-electron chi connectivity index (χ4n) is 3.45. The number of carboxylic acid groups (broad SMARTS) is 1. The zero-order valence-electron chi connectivity index (χ0n) is 20.6. The molecule has 14 heteroatoms. The fourth-order valence-corrected chi connectivity index (χ4v) is 4.64. The Bertz CT molecular complexity index is 1680. The number of benzene rings is 4. The minimum atomic E-state index is -4.53. The number of halogens is 4. The first-order valence-electron chi connectivity index (χ1n) is 11.5. The van der Waals surface area contributed by atoms with Crippen LogP contribution in [0.25, 0.3) is 0 Å². The van der Waals surface area contributed by atoms with E-state index in [2.05, 4.69) is 15.4 Å². The van der Waals surface area contributed by atoms with Crippen molar-refractivity contribution in [3.63, 3.8) is 0 Å². The number of urea groups is 1. The van der Waals surface area contributed by atoms with Crippen LogP contribution < -0.4 is 20.1 Å². The molecule has 0 aromatic heterocycles. The third-order valence-electron chi connectivity index (χ3n) is 5.41. The van der Waals surface area contributed by atoms with Gasteiger partial charge in [0, 0.05) is 16.4 Å². The number of carbonyl (C=O) groups is 2. The molecule has 0 saturated carbocycles. The van der Waals surface area contributed by atoms with Crippen molar-refractivity contribution in [3.05, 3.63) is 107 Å². The molecular formula is C27H19ClF3N3O6S. The van der Waals surface area contributed by atoms with Crippen molar-refractivity contribution in [3.8, 4) is 11.5 Å². The summed E-state index contributed by atoms with van der Waals surface area (Å²) in [6.07, 6.45) is -4.53. The van der Waals surface area contributed by atoms with Crippen LogP contribution >= 0.6 is 11.6 Å². The number of amides is 2. The number of alkyl halides is 3. The molecule has 9 nitrogen and oxygen atoms in total. The normalized spacial score (nSPS) is 11.4. The summed E-state index contributed by atoms with van der Waals surface area (Å²) in [5.74, 6) is -1.12. The van der Waals surface area contributed by atoms with Gasteiger partial charge < -0.3 is 20.5 Å². The first-order valence-corrected chi connectivity index (χ1v) is 13.4. The summed E-state index contributed by atoms with van der Waals surface area (Å²) in [7, 11) is -3.90. The Morgan fingerprint density at radius 2 is 1.37 bits per heavy atom. The van der Waals surface area contributed by atoms with Gasteiger partial charge in [-0.2, -0.15) is 13.2 Å². The highest BCUT2D eigenvalue weighted by atomic mass is 35.5. The molecule has 4 aromatic carbocycles. The van der Waals surface area contributed by atoms with Gasteiger partial charge in [-0.3, -0.25) is 4.72 Å². The lowest BCUT2D eigenvalue weighted by Crippen LogP contribution is -2.21. The first-order chi connectivity index (χ1) is 19.3. The molecule has 0 fully saturated rings. The highest BCUT2D eigenvalue weighted by Crippen LogP contribution is 2.31. The average Bonchev–Trinajstić information content (AvgIpc) is 2.91. The van der Waals surface area contributed by atoms with Crippen molar-refractivity contribution in [1.29, 1.82) is 0 Å². The molecule has 0 atom stereocenters. The van der Waals surface area contributed by atoms with Crippen LogP contribution in [-0.4, -0.2) is 25.5 Å². The summed E-state index contributed by atoms with van der Waals surface area (Å²) >= 11 is 5.81. The van der Waals surface area contributed by atoms with Crippen LogP contribution in [0.1, 0.15) is 15.9 Å². The maximum atomic E-state index is 12.7. The lowest BCUT2D eigenvalue weighted by molar-refractivity contribution is -0.137. The second kappa shape index (κ2) is 11.8. The molecule has 2 amide bonds. The van der Waals surface area contributed by atoms with Crippen LogP contribution in [0.5, 0.6) is 11.5 Å². The molecule has 0 aliphatic heterocycles. The summed E-state index contributed by atoms with van der Waals surface area (Å²) in [6.45, 7) is 0. The SMILES string of the molecule is O=C(Nc1ccc(C(F)(F)F)cc1)Nc1ccc(Oc2ccc(S(=O)(=O)Nc3ccc(Cl)cc3)cc2)cc1C(=O)O. The van der Waals surface area contributed by atoms with Gasteiger partial charge in [-0.1, -0.05) is 11.6 Å². The smallest absolute Gasteiger partial charge is 0.416 e. The summed E-state index contributed by atoms with van der Waals surface area (Å²) in [5.41, 5.74) is -0.961. The monoisotopic (exact) mass is 605 g/mol. The van der Waals surface area contributed by atoms with Gasteiger partial charge in [-0.15, -0.1) is 0 Å². The predicted octanol–water partition coefficient (Wildman–Crippen LogP) is 7.29. The summed E-state index contributed by atoms with van der Waals surface area (Å²) in [5, 5.41) is 14.7. The molecule has 0 aliphatic carbocycles. The molecule has 0 aliphatic rings. The molecule has 0 unspecified atom stereocenters. The number of hydrogen-bond donors (Lipinski definition) is 4. The third kappa shape index (κ3) is 7.68. The van der Waals surface area contributed by atoms with Gasteiger partial charge in [-0.25, -0.2) is 18.0 Å². The van der Waals surface area contributed by atoms with Crippen molar-refractivity contribution < 1.29 is 41.0 Å². The fraction of sp³-hybridized carbons (Fsp3) is 0.0370. The second-order valence-corrected chi connectivity index (χ2v) is 10.5. The molecule has 41 heavy (non-hydrogen) atoms. The van der Waals surface area contributed by atoms with Crippen LogP contribution in [0, 0.1) is 0 Å². The number of sulfonamides is 1. The van der Waals surface area contributed by atoms with E-state index in [0.717, 1.165) is 30.3 Å². The number of anilines is 3. The van der Waals surface area contributed by atoms with E-state index in [4.69, 9.17) is 16.3 Å². The van der Waals surface area contributed by atoms with E-state index in [0.29, 0.717) is 10.7 Å². The Labute approximate surface area is 236 Å². The van der Waals surface area contributed by atoms with Gasteiger partial charge in [0.1, 0.15) is 11.5 Å². The minimum Gasteiger partial charge on any atom is -0.478 e. The van der Waals surface area contributed by atoms with Gasteiger partial charge in [0.2, 0.25) is 0 Å². The van der Waals surface area contributed by atoms with E-state index in [1.807, 2.05) is 0 Å². The quantitative estimate of drug-likeness (QED) is 0.167. The van der Waals surface area contributed by atoms with Crippen molar-refractivity contribution >= 4 is 50.7 Å². The van der Waals surface area contributed by atoms with Gasteiger partial charge in [0.25, 0.3) is 10.0 Å². The number of rotatable bonds is 8. The van der Waals surface area contributed by atoms with E-state index < -0.39 is 33.8 Å². The molecule has 4 rings (SSSR count). The van der Waals surface area contributed by atoms with Crippen LogP contribution in [0.3, 0.4) is 0 Å². The highest BCUT2D eigenvalue weighted by molar-refractivity contribution is 7.92. The zero-order valence-corrected chi connectivity index (χ0v) is 22.1. The molecule has 0 spiro atoms. The van der Waals surface area contributed by atoms with E-state index in [1.54, 1.807) is 0 Å². The Balaban J connectivity index is 1.43. The Morgan fingerprint density at radius 3 is 1.95 bits per heavy atom. The largest absolute Gasteiger partial charge is 0.478 e. The molecule has 0 radical (unpaired) electrons. The number of carboxylic acids is 1. The Hall–Kier alpha value is -4.75. The standard InChI is InChI=1S/C27H19ClF3N3O6S/c28-17-3-7-19(8-4-17)34-41(38,39)22-12-9-20(10-13-22)40-21-11-14-24(23(15-21)25(35)36)33-26(37)32-18-5-1-16(2-6-18)27(29,30)31/h1-15,34H,(H,35,36)(H2,32,33,37). The van der Waals surface area contributed by atoms with Crippen LogP contribution in [0.4, 0.5) is 35.0 Å². The number of nitrogens with one attached hydrogen (secondary N) is 3. The van der Waals surface area contributed by atoms with Gasteiger partial charge in [0.15, 0.2) is 0 Å². The maximum Gasteiger partial charge on any atom is 0.416 e. The van der Waals surface area contributed by atoms with Gasteiger partial charge >= 0.3 is 18.2 Å². The second-order valence-electron chi connectivity index (χ2n) is 8.35. The van der Waals surface area contributed by atoms with Crippen LogP contribution in [-0.2, 0) is 16.2 Å². The summed E-state index contributed by atoms with van der Waals surface area (Å²) < 4.78 is 71.5. The van der Waals surface area contributed by atoms with Gasteiger partial charge in [0.05, 0.1) is 21.7 Å². The molecule has 0 saturated heterocycles. The average molecular weight is 606 g/mol. The third-order valence-corrected chi connectivity index (χ3v) is 7.06. The Morgan fingerprint density at radius 1 is 0.780 bits per heavy atom. The minimum absolute atomic E-state index is 0.0513. The van der Waals surface area contributed by atoms with Crippen molar-refractivity contribution in [2.24, 2.45) is 0 Å². The molecule has 212 valence electrons.